The molecule has 2 fully saturated rings. The molecule has 106 valence electrons. The summed E-state index contributed by atoms with van der Waals surface area (Å²) in [7, 11) is 1.83. The van der Waals surface area contributed by atoms with Crippen molar-refractivity contribution >= 4 is 0 Å². The van der Waals surface area contributed by atoms with E-state index in [1.165, 1.54) is 58.2 Å². The third kappa shape index (κ3) is 3.69. The lowest BCUT2D eigenvalue weighted by molar-refractivity contribution is 0.0737. The monoisotopic (exact) mass is 254 g/mol. The highest BCUT2D eigenvalue weighted by Gasteiger charge is 2.33. The SMILES string of the molecule is CCCNC1CCCC1N1CCC(COC)CC1. The second-order valence-electron chi connectivity index (χ2n) is 5.99. The summed E-state index contributed by atoms with van der Waals surface area (Å²) in [5, 5.41) is 3.75. The Morgan fingerprint density at radius 3 is 2.61 bits per heavy atom. The van der Waals surface area contributed by atoms with Crippen LogP contribution in [0.1, 0.15) is 45.4 Å². The predicted molar refractivity (Wildman–Crippen MR) is 75.9 cm³/mol. The van der Waals surface area contributed by atoms with Gasteiger partial charge in [0.25, 0.3) is 0 Å². The van der Waals surface area contributed by atoms with Crippen LogP contribution in [0.25, 0.3) is 0 Å². The summed E-state index contributed by atoms with van der Waals surface area (Å²) >= 11 is 0. The van der Waals surface area contributed by atoms with Gasteiger partial charge >= 0.3 is 0 Å². The van der Waals surface area contributed by atoms with Crippen molar-refractivity contribution in [3.63, 3.8) is 0 Å². The molecule has 0 bridgehead atoms. The van der Waals surface area contributed by atoms with E-state index < -0.39 is 0 Å². The Morgan fingerprint density at radius 1 is 1.17 bits per heavy atom. The molecule has 1 N–H and O–H groups in total. The van der Waals surface area contributed by atoms with Crippen molar-refractivity contribution in [3.8, 4) is 0 Å². The van der Waals surface area contributed by atoms with Crippen molar-refractivity contribution in [2.45, 2.75) is 57.5 Å². The van der Waals surface area contributed by atoms with Gasteiger partial charge in [-0.3, -0.25) is 4.90 Å². The molecule has 1 aliphatic heterocycles. The van der Waals surface area contributed by atoms with Crippen molar-refractivity contribution in [2.75, 3.05) is 33.4 Å². The molecule has 3 heteroatoms. The molecule has 1 saturated heterocycles. The number of ether oxygens (including phenoxy) is 1. The highest BCUT2D eigenvalue weighted by molar-refractivity contribution is 4.91. The molecular weight excluding hydrogens is 224 g/mol. The minimum atomic E-state index is 0.754. The first-order valence-electron chi connectivity index (χ1n) is 7.81. The fourth-order valence-corrected chi connectivity index (χ4v) is 3.63. The van der Waals surface area contributed by atoms with Gasteiger partial charge in [0, 0.05) is 25.8 Å². The van der Waals surface area contributed by atoms with Gasteiger partial charge in [-0.2, -0.15) is 0 Å². The zero-order valence-electron chi connectivity index (χ0n) is 12.2. The van der Waals surface area contributed by atoms with Crippen LogP contribution in [0.15, 0.2) is 0 Å². The number of piperidine rings is 1. The Kier molecular flexibility index (Phi) is 5.93. The van der Waals surface area contributed by atoms with Crippen LogP contribution in [-0.4, -0.2) is 50.3 Å². The molecule has 0 amide bonds. The zero-order valence-corrected chi connectivity index (χ0v) is 12.2. The Labute approximate surface area is 112 Å². The van der Waals surface area contributed by atoms with Gasteiger partial charge in [0.2, 0.25) is 0 Å². The molecular formula is C15H30N2O. The first kappa shape index (κ1) is 14.3. The van der Waals surface area contributed by atoms with E-state index in [2.05, 4.69) is 17.1 Å². The lowest BCUT2D eigenvalue weighted by Crippen LogP contribution is -2.50. The summed E-state index contributed by atoms with van der Waals surface area (Å²) < 4.78 is 5.29. The van der Waals surface area contributed by atoms with E-state index in [1.54, 1.807) is 0 Å². The molecule has 0 aromatic rings. The number of likely N-dealkylation sites (tertiary alicyclic amines) is 1. The zero-order chi connectivity index (χ0) is 12.8. The standard InChI is InChI=1S/C15H30N2O/c1-3-9-16-14-5-4-6-15(14)17-10-7-13(8-11-17)12-18-2/h13-16H,3-12H2,1-2H3. The minimum Gasteiger partial charge on any atom is -0.384 e. The largest absolute Gasteiger partial charge is 0.384 e. The quantitative estimate of drug-likeness (QED) is 0.787. The normalized spacial score (nSPS) is 31.0. The van der Waals surface area contributed by atoms with Gasteiger partial charge in [0.15, 0.2) is 0 Å². The van der Waals surface area contributed by atoms with E-state index in [0.717, 1.165) is 24.6 Å². The van der Waals surface area contributed by atoms with Crippen LogP contribution in [0.2, 0.25) is 0 Å². The molecule has 0 radical (unpaired) electrons. The number of hydrogen-bond acceptors (Lipinski definition) is 3. The maximum atomic E-state index is 5.29. The van der Waals surface area contributed by atoms with Gasteiger partial charge in [-0.25, -0.2) is 0 Å². The molecule has 2 rings (SSSR count). The summed E-state index contributed by atoms with van der Waals surface area (Å²) in [5.41, 5.74) is 0. The van der Waals surface area contributed by atoms with E-state index in [0.29, 0.717) is 0 Å². The summed E-state index contributed by atoms with van der Waals surface area (Å²) in [5.74, 6) is 0.801. The van der Waals surface area contributed by atoms with Crippen molar-refractivity contribution in [2.24, 2.45) is 5.92 Å². The molecule has 2 unspecified atom stereocenters. The molecule has 0 spiro atoms. The van der Waals surface area contributed by atoms with Crippen molar-refractivity contribution in [1.82, 2.24) is 10.2 Å². The van der Waals surface area contributed by atoms with Gasteiger partial charge in [-0.05, 0) is 57.7 Å². The topological polar surface area (TPSA) is 24.5 Å². The average molecular weight is 254 g/mol. The van der Waals surface area contributed by atoms with Crippen LogP contribution in [0.4, 0.5) is 0 Å². The Bertz CT molecular complexity index is 227. The molecule has 2 atom stereocenters. The van der Waals surface area contributed by atoms with Gasteiger partial charge in [-0.1, -0.05) is 13.3 Å². The van der Waals surface area contributed by atoms with Gasteiger partial charge in [0.05, 0.1) is 0 Å². The number of rotatable bonds is 6. The second kappa shape index (κ2) is 7.46. The molecule has 18 heavy (non-hydrogen) atoms. The minimum absolute atomic E-state index is 0.754. The highest BCUT2D eigenvalue weighted by Crippen LogP contribution is 2.28. The summed E-state index contributed by atoms with van der Waals surface area (Å²) in [4.78, 5) is 2.74. The number of methoxy groups -OCH3 is 1. The Hall–Kier alpha value is -0.120. The van der Waals surface area contributed by atoms with Crippen molar-refractivity contribution in [3.05, 3.63) is 0 Å². The molecule has 1 saturated carbocycles. The average Bonchev–Trinajstić information content (AvgIpc) is 2.86. The van der Waals surface area contributed by atoms with Crippen LogP contribution in [-0.2, 0) is 4.74 Å². The van der Waals surface area contributed by atoms with Crippen LogP contribution in [0.5, 0.6) is 0 Å². The van der Waals surface area contributed by atoms with E-state index in [9.17, 15) is 0 Å². The number of nitrogens with zero attached hydrogens (tertiary/aromatic N) is 1. The predicted octanol–water partition coefficient (Wildman–Crippen LogP) is 2.27. The molecule has 2 aliphatic rings. The van der Waals surface area contributed by atoms with Crippen molar-refractivity contribution in [1.29, 1.82) is 0 Å². The molecule has 1 heterocycles. The smallest absolute Gasteiger partial charge is 0.0491 e. The third-order valence-corrected chi connectivity index (χ3v) is 4.66. The second-order valence-corrected chi connectivity index (χ2v) is 5.99. The molecule has 1 aliphatic carbocycles. The van der Waals surface area contributed by atoms with E-state index in [-0.39, 0.29) is 0 Å². The number of nitrogens with one attached hydrogen (secondary N) is 1. The van der Waals surface area contributed by atoms with Crippen molar-refractivity contribution < 1.29 is 4.74 Å². The molecule has 3 nitrogen and oxygen atoms in total. The number of hydrogen-bond donors (Lipinski definition) is 1. The highest BCUT2D eigenvalue weighted by atomic mass is 16.5. The first-order chi connectivity index (χ1) is 8.85. The fourth-order valence-electron chi connectivity index (χ4n) is 3.63. The first-order valence-corrected chi connectivity index (χ1v) is 7.81. The summed E-state index contributed by atoms with van der Waals surface area (Å²) in [6, 6.07) is 1.56. The molecule has 0 aromatic heterocycles. The molecule has 0 aromatic carbocycles. The van der Waals surface area contributed by atoms with E-state index in [1.807, 2.05) is 7.11 Å². The Balaban J connectivity index is 1.77. The summed E-state index contributed by atoms with van der Waals surface area (Å²) in [6.45, 7) is 6.95. The third-order valence-electron chi connectivity index (χ3n) is 4.66. The fraction of sp³-hybridized carbons (Fsp3) is 1.00. The van der Waals surface area contributed by atoms with Gasteiger partial charge in [-0.15, -0.1) is 0 Å². The van der Waals surface area contributed by atoms with Crippen LogP contribution in [0, 0.1) is 5.92 Å². The lowest BCUT2D eigenvalue weighted by atomic mass is 9.95. The van der Waals surface area contributed by atoms with Gasteiger partial charge < -0.3 is 10.1 Å². The van der Waals surface area contributed by atoms with Crippen LogP contribution < -0.4 is 5.32 Å². The lowest BCUT2D eigenvalue weighted by Gasteiger charge is -2.38. The summed E-state index contributed by atoms with van der Waals surface area (Å²) in [6.07, 6.45) is 8.08. The van der Waals surface area contributed by atoms with Crippen LogP contribution >= 0.6 is 0 Å². The van der Waals surface area contributed by atoms with Crippen LogP contribution in [0.3, 0.4) is 0 Å². The van der Waals surface area contributed by atoms with E-state index in [4.69, 9.17) is 4.74 Å². The maximum absolute atomic E-state index is 5.29. The maximum Gasteiger partial charge on any atom is 0.0491 e. The van der Waals surface area contributed by atoms with E-state index >= 15 is 0 Å². The Morgan fingerprint density at radius 2 is 1.94 bits per heavy atom. The van der Waals surface area contributed by atoms with Gasteiger partial charge in [0.1, 0.15) is 0 Å².